The van der Waals surface area contributed by atoms with Gasteiger partial charge in [-0.2, -0.15) is 0 Å². The Balaban J connectivity index is 1.59. The van der Waals surface area contributed by atoms with Gasteiger partial charge in [-0.1, -0.05) is 47.5 Å². The van der Waals surface area contributed by atoms with Crippen LogP contribution in [0.25, 0.3) is 6.08 Å². The number of rotatable bonds is 6. The van der Waals surface area contributed by atoms with Crippen molar-refractivity contribution in [1.82, 2.24) is 5.32 Å². The predicted octanol–water partition coefficient (Wildman–Crippen LogP) is 6.47. The molecule has 0 aromatic heterocycles. The van der Waals surface area contributed by atoms with Gasteiger partial charge in [0.15, 0.2) is 16.7 Å². The van der Waals surface area contributed by atoms with Crippen molar-refractivity contribution >= 4 is 57.8 Å². The number of nitrogens with zero attached hydrogens (tertiary/aromatic N) is 1. The third-order valence-electron chi connectivity index (χ3n) is 4.50. The number of carbonyl (C=O) groups is 1. The van der Waals surface area contributed by atoms with E-state index in [-0.39, 0.29) is 5.91 Å². The fourth-order valence-electron chi connectivity index (χ4n) is 3.00. The third kappa shape index (κ3) is 5.46. The molecule has 3 aromatic rings. The van der Waals surface area contributed by atoms with Gasteiger partial charge in [0, 0.05) is 15.6 Å². The van der Waals surface area contributed by atoms with Gasteiger partial charge in [0.05, 0.1) is 17.7 Å². The Labute approximate surface area is 200 Å². The normalized spacial score (nSPS) is 15.8. The van der Waals surface area contributed by atoms with E-state index >= 15 is 0 Å². The highest BCUT2D eigenvalue weighted by atomic mass is 35.5. The maximum atomic E-state index is 12.5. The summed E-state index contributed by atoms with van der Waals surface area (Å²) in [5.41, 5.74) is 2.34. The van der Waals surface area contributed by atoms with Crippen LogP contribution in [-0.2, 0) is 11.4 Å². The molecule has 3 aromatic carbocycles. The first-order valence-corrected chi connectivity index (χ1v) is 11.2. The Morgan fingerprint density at radius 2 is 1.81 bits per heavy atom. The van der Waals surface area contributed by atoms with E-state index in [0.29, 0.717) is 43.9 Å². The molecule has 32 heavy (non-hydrogen) atoms. The Morgan fingerprint density at radius 1 is 1.03 bits per heavy atom. The zero-order valence-electron chi connectivity index (χ0n) is 17.0. The Morgan fingerprint density at radius 3 is 2.56 bits per heavy atom. The van der Waals surface area contributed by atoms with Crippen molar-refractivity contribution in [3.8, 4) is 11.5 Å². The summed E-state index contributed by atoms with van der Waals surface area (Å²) in [6, 6.07) is 20.0. The average molecular weight is 485 g/mol. The summed E-state index contributed by atoms with van der Waals surface area (Å²) in [7, 11) is 1.58. The lowest BCUT2D eigenvalue weighted by atomic mass is 10.1. The van der Waals surface area contributed by atoms with Crippen LogP contribution in [0.5, 0.6) is 11.5 Å². The minimum Gasteiger partial charge on any atom is -0.493 e. The second-order valence-corrected chi connectivity index (χ2v) is 8.66. The minimum atomic E-state index is -0.230. The molecule has 1 heterocycles. The highest BCUT2D eigenvalue weighted by molar-refractivity contribution is 8.18. The quantitative estimate of drug-likeness (QED) is 0.407. The topological polar surface area (TPSA) is 59.9 Å². The van der Waals surface area contributed by atoms with E-state index in [1.54, 1.807) is 37.5 Å². The van der Waals surface area contributed by atoms with E-state index in [0.717, 1.165) is 11.1 Å². The molecule has 0 saturated carbocycles. The molecule has 1 N–H and O–H groups in total. The molecule has 0 atom stereocenters. The SMILES string of the molecule is COc1cccc(/C=C2\SC(=Nc3ccc(Cl)cc3)NC2=O)c1OCc1cccc(Cl)c1. The first kappa shape index (κ1) is 22.3. The van der Waals surface area contributed by atoms with E-state index in [1.807, 2.05) is 42.5 Å². The van der Waals surface area contributed by atoms with Crippen molar-refractivity contribution in [1.29, 1.82) is 0 Å². The highest BCUT2D eigenvalue weighted by Gasteiger charge is 2.24. The molecular formula is C24H18Cl2N2O3S. The summed E-state index contributed by atoms with van der Waals surface area (Å²) >= 11 is 13.2. The number of amides is 1. The van der Waals surface area contributed by atoms with Crippen LogP contribution in [0.2, 0.25) is 10.0 Å². The number of methoxy groups -OCH3 is 1. The number of carbonyl (C=O) groups excluding carboxylic acids is 1. The maximum Gasteiger partial charge on any atom is 0.264 e. The van der Waals surface area contributed by atoms with Gasteiger partial charge in [-0.25, -0.2) is 4.99 Å². The smallest absolute Gasteiger partial charge is 0.264 e. The molecular weight excluding hydrogens is 467 g/mol. The van der Waals surface area contributed by atoms with Crippen LogP contribution in [-0.4, -0.2) is 18.2 Å². The molecule has 162 valence electrons. The molecule has 1 aliphatic heterocycles. The monoisotopic (exact) mass is 484 g/mol. The zero-order valence-corrected chi connectivity index (χ0v) is 19.3. The predicted molar refractivity (Wildman–Crippen MR) is 131 cm³/mol. The third-order valence-corrected chi connectivity index (χ3v) is 5.89. The van der Waals surface area contributed by atoms with Crippen molar-refractivity contribution in [3.05, 3.63) is 92.8 Å². The minimum absolute atomic E-state index is 0.230. The van der Waals surface area contributed by atoms with Crippen LogP contribution in [0.1, 0.15) is 11.1 Å². The summed E-state index contributed by atoms with van der Waals surface area (Å²) in [6.45, 7) is 0.305. The number of hydrogen-bond donors (Lipinski definition) is 1. The van der Waals surface area contributed by atoms with E-state index in [2.05, 4.69) is 10.3 Å². The number of aliphatic imine (C=N–C) groups is 1. The lowest BCUT2D eigenvalue weighted by molar-refractivity contribution is -0.115. The van der Waals surface area contributed by atoms with Gasteiger partial charge in [0.1, 0.15) is 6.61 Å². The van der Waals surface area contributed by atoms with Crippen molar-refractivity contribution in [3.63, 3.8) is 0 Å². The van der Waals surface area contributed by atoms with Gasteiger partial charge < -0.3 is 14.8 Å². The van der Waals surface area contributed by atoms with Crippen molar-refractivity contribution in [2.45, 2.75) is 6.61 Å². The molecule has 0 unspecified atom stereocenters. The number of thioether (sulfide) groups is 1. The van der Waals surface area contributed by atoms with Crippen LogP contribution in [0, 0.1) is 0 Å². The van der Waals surface area contributed by atoms with Crippen LogP contribution >= 0.6 is 35.0 Å². The van der Waals surface area contributed by atoms with E-state index < -0.39 is 0 Å². The number of ether oxygens (including phenoxy) is 2. The summed E-state index contributed by atoms with van der Waals surface area (Å²) in [4.78, 5) is 17.5. The Kier molecular flexibility index (Phi) is 7.05. The second-order valence-electron chi connectivity index (χ2n) is 6.76. The first-order valence-electron chi connectivity index (χ1n) is 9.61. The Bertz CT molecular complexity index is 1210. The van der Waals surface area contributed by atoms with Crippen LogP contribution in [0.4, 0.5) is 5.69 Å². The van der Waals surface area contributed by atoms with E-state index in [1.165, 1.54) is 11.8 Å². The fourth-order valence-corrected chi connectivity index (χ4v) is 4.17. The number of halogens is 2. The number of nitrogens with one attached hydrogen (secondary N) is 1. The van der Waals surface area contributed by atoms with Gasteiger partial charge >= 0.3 is 0 Å². The molecule has 4 rings (SSSR count). The number of para-hydroxylation sites is 1. The van der Waals surface area contributed by atoms with Crippen LogP contribution in [0.3, 0.4) is 0 Å². The summed E-state index contributed by atoms with van der Waals surface area (Å²) in [5, 5.41) is 4.54. The van der Waals surface area contributed by atoms with Crippen LogP contribution < -0.4 is 14.8 Å². The lowest BCUT2D eigenvalue weighted by Gasteiger charge is -2.14. The molecule has 1 saturated heterocycles. The maximum absolute atomic E-state index is 12.5. The molecule has 1 amide bonds. The standard InChI is InChI=1S/C24H18Cl2N2O3S/c1-30-20-7-3-5-16(22(20)31-14-15-4-2-6-18(26)12-15)13-21-23(29)28-24(32-21)27-19-10-8-17(25)9-11-19/h2-13H,14H2,1H3,(H,27,28,29)/b21-13-. The average Bonchev–Trinajstić information content (AvgIpc) is 3.12. The van der Waals surface area contributed by atoms with Gasteiger partial charge in [-0.3, -0.25) is 4.79 Å². The molecule has 1 fully saturated rings. The van der Waals surface area contributed by atoms with Crippen molar-refractivity contribution < 1.29 is 14.3 Å². The molecule has 0 radical (unpaired) electrons. The van der Waals surface area contributed by atoms with Gasteiger partial charge in [0.2, 0.25) is 0 Å². The summed E-state index contributed by atoms with van der Waals surface area (Å²) in [5.74, 6) is 0.880. The number of hydrogen-bond acceptors (Lipinski definition) is 5. The first-order chi connectivity index (χ1) is 15.5. The molecule has 1 aliphatic rings. The van der Waals surface area contributed by atoms with E-state index in [4.69, 9.17) is 32.7 Å². The summed E-state index contributed by atoms with van der Waals surface area (Å²) in [6.07, 6.45) is 1.76. The second kappa shape index (κ2) is 10.1. The fraction of sp³-hybridized carbons (Fsp3) is 0.0833. The van der Waals surface area contributed by atoms with Gasteiger partial charge in [0.25, 0.3) is 5.91 Å². The molecule has 5 nitrogen and oxygen atoms in total. The molecule has 8 heteroatoms. The largest absolute Gasteiger partial charge is 0.493 e. The van der Waals surface area contributed by atoms with Crippen LogP contribution in [0.15, 0.2) is 76.6 Å². The molecule has 0 spiro atoms. The zero-order chi connectivity index (χ0) is 22.5. The van der Waals surface area contributed by atoms with E-state index in [9.17, 15) is 4.79 Å². The lowest BCUT2D eigenvalue weighted by Crippen LogP contribution is -2.19. The number of benzene rings is 3. The van der Waals surface area contributed by atoms with Crippen molar-refractivity contribution in [2.75, 3.05) is 7.11 Å². The number of amidine groups is 1. The summed E-state index contributed by atoms with van der Waals surface area (Å²) < 4.78 is 11.5. The van der Waals surface area contributed by atoms with Crippen molar-refractivity contribution in [2.24, 2.45) is 4.99 Å². The Hall–Kier alpha value is -2.93. The molecule has 0 bridgehead atoms. The molecule has 0 aliphatic carbocycles. The van der Waals surface area contributed by atoms with Gasteiger partial charge in [-0.15, -0.1) is 0 Å². The van der Waals surface area contributed by atoms with Gasteiger partial charge in [-0.05, 0) is 65.9 Å². The highest BCUT2D eigenvalue weighted by Crippen LogP contribution is 2.36.